The van der Waals surface area contributed by atoms with E-state index in [1.165, 1.54) is 6.33 Å². The Morgan fingerprint density at radius 2 is 1.90 bits per heavy atom. The van der Waals surface area contributed by atoms with Crippen LogP contribution in [0.25, 0.3) is 0 Å². The average molecular weight is 312 g/mol. The molecule has 0 aromatic carbocycles. The zero-order valence-electron chi connectivity index (χ0n) is 11.6. The average Bonchev–Trinajstić information content (AvgIpc) is 2.84. The molecule has 0 aliphatic carbocycles. The number of hydrazine groups is 1. The summed E-state index contributed by atoms with van der Waals surface area (Å²) < 4.78 is 0.782. The molecule has 0 bridgehead atoms. The number of aromatic nitrogens is 2. The van der Waals surface area contributed by atoms with E-state index in [4.69, 9.17) is 17.4 Å². The van der Waals surface area contributed by atoms with Crippen LogP contribution in [0.5, 0.6) is 0 Å². The maximum Gasteiger partial charge on any atom is 0.148 e. The molecule has 2 aromatic heterocycles. The Bertz CT molecular complexity index is 584. The molecular weight excluding hydrogens is 294 g/mol. The van der Waals surface area contributed by atoms with Crippen molar-refractivity contribution in [2.75, 3.05) is 10.7 Å². The Kier molecular flexibility index (Phi) is 4.80. The van der Waals surface area contributed by atoms with Crippen LogP contribution in [0.15, 0.2) is 18.5 Å². The number of halogens is 1. The lowest BCUT2D eigenvalue weighted by molar-refractivity contribution is 0.825. The molecule has 0 saturated carbocycles. The molecule has 5 nitrogen and oxygen atoms in total. The van der Waals surface area contributed by atoms with E-state index in [2.05, 4.69) is 41.5 Å². The van der Waals surface area contributed by atoms with Gasteiger partial charge in [0, 0.05) is 10.4 Å². The van der Waals surface area contributed by atoms with Gasteiger partial charge < -0.3 is 10.7 Å². The van der Waals surface area contributed by atoms with Gasteiger partial charge in [0.25, 0.3) is 0 Å². The Morgan fingerprint density at radius 3 is 2.45 bits per heavy atom. The van der Waals surface area contributed by atoms with E-state index in [9.17, 15) is 0 Å². The van der Waals surface area contributed by atoms with Gasteiger partial charge in [-0.3, -0.25) is 0 Å². The van der Waals surface area contributed by atoms with E-state index in [-0.39, 0.29) is 12.0 Å². The molecule has 0 spiro atoms. The molecule has 0 radical (unpaired) electrons. The maximum absolute atomic E-state index is 5.98. The van der Waals surface area contributed by atoms with Crippen LogP contribution in [0.3, 0.4) is 0 Å². The Hall–Kier alpha value is -1.37. The van der Waals surface area contributed by atoms with Crippen molar-refractivity contribution in [3.63, 3.8) is 0 Å². The number of nitrogens with zero attached hydrogens (tertiary/aromatic N) is 2. The molecule has 108 valence electrons. The highest BCUT2D eigenvalue weighted by Crippen LogP contribution is 2.32. The highest BCUT2D eigenvalue weighted by atomic mass is 35.5. The van der Waals surface area contributed by atoms with Gasteiger partial charge in [-0.25, -0.2) is 15.8 Å². The Morgan fingerprint density at radius 1 is 1.20 bits per heavy atom. The normalized spacial score (nSPS) is 12.5. The van der Waals surface area contributed by atoms with Gasteiger partial charge in [0.1, 0.15) is 18.0 Å². The van der Waals surface area contributed by atoms with Crippen LogP contribution >= 0.6 is 22.9 Å². The quantitative estimate of drug-likeness (QED) is 0.579. The van der Waals surface area contributed by atoms with Gasteiger partial charge >= 0.3 is 0 Å². The molecular formula is C13H18ClN5S. The zero-order chi connectivity index (χ0) is 14.7. The minimum Gasteiger partial charge on any atom is -0.362 e. The SMILES string of the molecule is CC(C)c1c(NN)ncnc1NC(C)c1ccc(Cl)s1. The van der Waals surface area contributed by atoms with Crippen LogP contribution in [0, 0.1) is 0 Å². The minimum atomic E-state index is 0.116. The third-order valence-corrected chi connectivity index (χ3v) is 4.39. The second-order valence-corrected chi connectivity index (χ2v) is 6.54. The van der Waals surface area contributed by atoms with Crippen LogP contribution in [0.1, 0.15) is 43.2 Å². The largest absolute Gasteiger partial charge is 0.362 e. The first-order chi connectivity index (χ1) is 9.52. The fraction of sp³-hybridized carbons (Fsp3) is 0.385. The number of thiophene rings is 1. The molecule has 0 aliphatic heterocycles. The summed E-state index contributed by atoms with van der Waals surface area (Å²) in [4.78, 5) is 9.65. The lowest BCUT2D eigenvalue weighted by Crippen LogP contribution is -2.16. The van der Waals surface area contributed by atoms with Crippen molar-refractivity contribution in [2.45, 2.75) is 32.7 Å². The number of rotatable bonds is 5. The summed E-state index contributed by atoms with van der Waals surface area (Å²) in [5.41, 5.74) is 3.60. The second kappa shape index (κ2) is 6.39. The van der Waals surface area contributed by atoms with Crippen LogP contribution in [0.2, 0.25) is 4.34 Å². The molecule has 1 atom stereocenters. The molecule has 7 heteroatoms. The maximum atomic E-state index is 5.98. The number of hydrogen-bond acceptors (Lipinski definition) is 6. The summed E-state index contributed by atoms with van der Waals surface area (Å²) >= 11 is 7.53. The van der Waals surface area contributed by atoms with E-state index in [1.807, 2.05) is 12.1 Å². The fourth-order valence-electron chi connectivity index (χ4n) is 2.01. The molecule has 20 heavy (non-hydrogen) atoms. The predicted octanol–water partition coefficient (Wildman–Crippen LogP) is 3.77. The summed E-state index contributed by atoms with van der Waals surface area (Å²) in [6, 6.07) is 4.03. The lowest BCUT2D eigenvalue weighted by Gasteiger charge is -2.19. The molecule has 1 unspecified atom stereocenters. The number of hydrogen-bond donors (Lipinski definition) is 3. The highest BCUT2D eigenvalue weighted by molar-refractivity contribution is 7.16. The molecule has 4 N–H and O–H groups in total. The summed E-state index contributed by atoms with van der Waals surface area (Å²) in [6.07, 6.45) is 1.50. The van der Waals surface area contributed by atoms with Crippen LogP contribution in [-0.2, 0) is 0 Å². The van der Waals surface area contributed by atoms with Gasteiger partial charge in [-0.05, 0) is 25.0 Å². The summed E-state index contributed by atoms with van der Waals surface area (Å²) in [6.45, 7) is 6.23. The summed E-state index contributed by atoms with van der Waals surface area (Å²) in [7, 11) is 0. The van der Waals surface area contributed by atoms with Crippen molar-refractivity contribution < 1.29 is 0 Å². The third-order valence-electron chi connectivity index (χ3n) is 2.97. The van der Waals surface area contributed by atoms with Crippen molar-refractivity contribution >= 4 is 34.6 Å². The molecule has 2 heterocycles. The van der Waals surface area contributed by atoms with Crippen molar-refractivity contribution in [3.05, 3.63) is 33.2 Å². The van der Waals surface area contributed by atoms with Gasteiger partial charge in [-0.2, -0.15) is 0 Å². The van der Waals surface area contributed by atoms with Crippen molar-refractivity contribution in [2.24, 2.45) is 5.84 Å². The van der Waals surface area contributed by atoms with Crippen LogP contribution < -0.4 is 16.6 Å². The molecule has 2 rings (SSSR count). The molecule has 0 fully saturated rings. The standard InChI is InChI=1S/C13H18ClN5S/c1-7(2)11-12(16-6-17-13(11)19-15)18-8(3)9-4-5-10(14)20-9/h4-8H,15H2,1-3H3,(H2,16,17,18,19). The molecule has 0 amide bonds. The Labute approximate surface area is 127 Å². The minimum absolute atomic E-state index is 0.116. The van der Waals surface area contributed by atoms with Crippen molar-refractivity contribution in [3.8, 4) is 0 Å². The lowest BCUT2D eigenvalue weighted by atomic mass is 10.0. The summed E-state index contributed by atoms with van der Waals surface area (Å²) in [5.74, 6) is 7.21. The van der Waals surface area contributed by atoms with Crippen molar-refractivity contribution in [1.82, 2.24) is 9.97 Å². The Balaban J connectivity index is 2.29. The van der Waals surface area contributed by atoms with Gasteiger partial charge in [0.05, 0.1) is 10.4 Å². The fourth-order valence-corrected chi connectivity index (χ4v) is 3.07. The van der Waals surface area contributed by atoms with Gasteiger partial charge in [-0.1, -0.05) is 25.4 Å². The highest BCUT2D eigenvalue weighted by Gasteiger charge is 2.17. The number of anilines is 2. The monoisotopic (exact) mass is 311 g/mol. The predicted molar refractivity (Wildman–Crippen MR) is 85.3 cm³/mol. The smallest absolute Gasteiger partial charge is 0.148 e. The third kappa shape index (κ3) is 3.20. The number of nitrogens with two attached hydrogens (primary N) is 1. The van der Waals surface area contributed by atoms with Gasteiger partial charge in [0.15, 0.2) is 0 Å². The number of nitrogens with one attached hydrogen (secondary N) is 2. The van der Waals surface area contributed by atoms with Crippen LogP contribution in [-0.4, -0.2) is 9.97 Å². The second-order valence-electron chi connectivity index (χ2n) is 4.79. The zero-order valence-corrected chi connectivity index (χ0v) is 13.2. The van der Waals surface area contributed by atoms with E-state index in [0.717, 1.165) is 20.6 Å². The molecule has 0 saturated heterocycles. The first-order valence-corrected chi connectivity index (χ1v) is 7.55. The van der Waals surface area contributed by atoms with Crippen LogP contribution in [0.4, 0.5) is 11.6 Å². The summed E-state index contributed by atoms with van der Waals surface area (Å²) in [5, 5.41) is 3.40. The van der Waals surface area contributed by atoms with E-state index in [0.29, 0.717) is 5.82 Å². The topological polar surface area (TPSA) is 75.9 Å². The molecule has 0 aliphatic rings. The van der Waals surface area contributed by atoms with E-state index in [1.54, 1.807) is 11.3 Å². The van der Waals surface area contributed by atoms with Crippen molar-refractivity contribution in [1.29, 1.82) is 0 Å². The first kappa shape index (κ1) is 15.0. The molecule has 2 aromatic rings. The number of nitrogen functional groups attached to an aromatic ring is 1. The van der Waals surface area contributed by atoms with Gasteiger partial charge in [-0.15, -0.1) is 11.3 Å². The van der Waals surface area contributed by atoms with E-state index >= 15 is 0 Å². The van der Waals surface area contributed by atoms with Gasteiger partial charge in [0.2, 0.25) is 0 Å². The first-order valence-electron chi connectivity index (χ1n) is 6.36. The van der Waals surface area contributed by atoms with E-state index < -0.39 is 0 Å².